The maximum absolute atomic E-state index is 12.5. The van der Waals surface area contributed by atoms with Crippen molar-refractivity contribution in [3.8, 4) is 0 Å². The van der Waals surface area contributed by atoms with Crippen molar-refractivity contribution in [2.24, 2.45) is 0 Å². The van der Waals surface area contributed by atoms with E-state index in [0.717, 1.165) is 0 Å². The first-order valence-electron chi connectivity index (χ1n) is 5.18. The minimum absolute atomic E-state index is 0.0128. The first-order chi connectivity index (χ1) is 7.90. The molecule has 0 aromatic heterocycles. The molecule has 0 spiro atoms. The fraction of sp³-hybridized carbons (Fsp3) is 0.0769. The molecular weight excluding hydrogens is 236 g/mol. The van der Waals surface area contributed by atoms with E-state index in [0.29, 0.717) is 5.56 Å². The summed E-state index contributed by atoms with van der Waals surface area (Å²) in [5, 5.41) is 0. The Morgan fingerprint density at radius 3 is 2.00 bits per heavy atom. The van der Waals surface area contributed by atoms with E-state index in [1.165, 1.54) is 18.2 Å². The van der Waals surface area contributed by atoms with Crippen LogP contribution in [0.4, 0.5) is 0 Å². The van der Waals surface area contributed by atoms with Crippen molar-refractivity contribution >= 4 is 9.63 Å². The molecule has 3 nitrogen and oxygen atoms in total. The number of hydrogen-bond acceptors (Lipinski definition) is 1. The van der Waals surface area contributed by atoms with Crippen molar-refractivity contribution < 1.29 is 13.3 Å². The van der Waals surface area contributed by atoms with Crippen LogP contribution in [0.2, 0.25) is 0 Å². The van der Waals surface area contributed by atoms with E-state index >= 15 is 0 Å². The summed E-state index contributed by atoms with van der Waals surface area (Å²) in [5.74, 6) is 0. The fourth-order valence-electron chi connectivity index (χ4n) is 1.76. The summed E-state index contributed by atoms with van der Waals surface area (Å²) >= 11 is 0. The first-order valence-corrected chi connectivity index (χ1v) is 7.06. The van der Waals surface area contributed by atoms with Crippen molar-refractivity contribution in [2.75, 3.05) is 0 Å². The summed E-state index contributed by atoms with van der Waals surface area (Å²) in [6, 6.07) is 14.4. The van der Waals surface area contributed by atoms with E-state index in [2.05, 4.69) is 0 Å². The molecule has 0 saturated carbocycles. The standard InChI is InChI=1S/C13H14O3S/c1-11-7-5-6-10-13(11)17(14,15,16)12-8-3-2-4-9-12/h2-10H,1H3,(H2,14,15,16). The summed E-state index contributed by atoms with van der Waals surface area (Å²) in [5.41, 5.74) is 0.582. The first kappa shape index (κ1) is 12.0. The molecule has 4 heteroatoms. The second-order valence-electron chi connectivity index (χ2n) is 3.94. The van der Waals surface area contributed by atoms with E-state index in [1.54, 1.807) is 43.3 Å². The zero-order valence-electron chi connectivity index (χ0n) is 9.41. The molecule has 0 radical (unpaired) electrons. The predicted molar refractivity (Wildman–Crippen MR) is 67.6 cm³/mol. The Hall–Kier alpha value is -1.49. The van der Waals surface area contributed by atoms with Crippen LogP contribution in [-0.4, -0.2) is 13.3 Å². The molecule has 0 saturated heterocycles. The molecule has 0 bridgehead atoms. The number of rotatable bonds is 2. The molecular formula is C13H14O3S. The van der Waals surface area contributed by atoms with Crippen LogP contribution in [0.25, 0.3) is 0 Å². The zero-order chi connectivity index (χ0) is 12.5. The van der Waals surface area contributed by atoms with Gasteiger partial charge in [-0.25, -0.2) is 4.21 Å². The van der Waals surface area contributed by atoms with Crippen molar-refractivity contribution in [3.05, 3.63) is 60.2 Å². The summed E-state index contributed by atoms with van der Waals surface area (Å²) in [7, 11) is -4.96. The van der Waals surface area contributed by atoms with Gasteiger partial charge in [0, 0.05) is 0 Å². The van der Waals surface area contributed by atoms with Gasteiger partial charge in [0.2, 0.25) is 0 Å². The number of hydrogen-bond donors (Lipinski definition) is 2. The second kappa shape index (κ2) is 3.77. The highest BCUT2D eigenvalue weighted by Gasteiger charge is 2.36. The maximum atomic E-state index is 12.5. The van der Waals surface area contributed by atoms with Gasteiger partial charge in [-0.15, -0.1) is 0 Å². The normalized spacial score (nSPS) is 13.9. The minimum atomic E-state index is -4.96. The van der Waals surface area contributed by atoms with Gasteiger partial charge in [0.15, 0.2) is 0 Å². The van der Waals surface area contributed by atoms with Crippen molar-refractivity contribution in [1.82, 2.24) is 0 Å². The average Bonchev–Trinajstić information content (AvgIpc) is 2.30. The topological polar surface area (TPSA) is 57.5 Å². The fourth-order valence-corrected chi connectivity index (χ4v) is 3.64. The Morgan fingerprint density at radius 1 is 0.882 bits per heavy atom. The molecule has 0 atom stereocenters. The molecule has 2 N–H and O–H groups in total. The molecule has 0 heterocycles. The maximum Gasteiger partial charge on any atom is 0.135 e. The van der Waals surface area contributed by atoms with Crippen molar-refractivity contribution in [1.29, 1.82) is 0 Å². The number of aryl methyl sites for hydroxylation is 1. The minimum Gasteiger partial charge on any atom is -0.301 e. The third-order valence-corrected chi connectivity index (χ3v) is 5.03. The van der Waals surface area contributed by atoms with Gasteiger partial charge in [-0.2, -0.15) is 0 Å². The van der Waals surface area contributed by atoms with E-state index in [9.17, 15) is 13.3 Å². The molecule has 90 valence electrons. The highest BCUT2D eigenvalue weighted by molar-refractivity contribution is 8.10. The Kier molecular flexibility index (Phi) is 2.66. The van der Waals surface area contributed by atoms with Gasteiger partial charge in [-0.3, -0.25) is 0 Å². The molecule has 0 aliphatic rings. The van der Waals surface area contributed by atoms with Crippen LogP contribution in [0.3, 0.4) is 0 Å². The van der Waals surface area contributed by atoms with E-state index in [1.807, 2.05) is 0 Å². The van der Waals surface area contributed by atoms with Crippen LogP contribution in [-0.2, 0) is 9.63 Å². The highest BCUT2D eigenvalue weighted by atomic mass is 32.3. The van der Waals surface area contributed by atoms with Gasteiger partial charge in [0.25, 0.3) is 0 Å². The van der Waals surface area contributed by atoms with Gasteiger partial charge in [0.05, 0.1) is 9.79 Å². The lowest BCUT2D eigenvalue weighted by atomic mass is 10.2. The third kappa shape index (κ3) is 2.02. The zero-order valence-corrected chi connectivity index (χ0v) is 10.2. The molecule has 0 fully saturated rings. The van der Waals surface area contributed by atoms with Crippen LogP contribution in [0.5, 0.6) is 0 Å². The average molecular weight is 250 g/mol. The molecule has 2 aromatic carbocycles. The van der Waals surface area contributed by atoms with Gasteiger partial charge in [-0.1, -0.05) is 36.4 Å². The predicted octanol–water partition coefficient (Wildman–Crippen LogP) is 3.18. The molecule has 0 unspecified atom stereocenters. The molecule has 2 aromatic rings. The van der Waals surface area contributed by atoms with E-state index in [-0.39, 0.29) is 9.79 Å². The van der Waals surface area contributed by atoms with Crippen LogP contribution in [0.1, 0.15) is 5.56 Å². The Bertz CT molecular complexity index is 599. The lowest BCUT2D eigenvalue weighted by molar-refractivity contribution is 0.389. The lowest BCUT2D eigenvalue weighted by Gasteiger charge is -2.32. The molecule has 0 amide bonds. The van der Waals surface area contributed by atoms with E-state index in [4.69, 9.17) is 0 Å². The van der Waals surface area contributed by atoms with Gasteiger partial charge < -0.3 is 9.11 Å². The van der Waals surface area contributed by atoms with Gasteiger partial charge in [0.1, 0.15) is 9.63 Å². The SMILES string of the molecule is Cc1ccccc1S(=O)(O)(O)c1ccccc1. The molecule has 0 aliphatic carbocycles. The Labute approximate surface area is 100 Å². The molecule has 2 rings (SSSR count). The summed E-state index contributed by atoms with van der Waals surface area (Å²) in [4.78, 5) is 0.0644. The van der Waals surface area contributed by atoms with Gasteiger partial charge in [-0.05, 0) is 30.7 Å². The summed E-state index contributed by atoms with van der Waals surface area (Å²) in [6.45, 7) is 1.69. The number of benzene rings is 2. The highest BCUT2D eigenvalue weighted by Crippen LogP contribution is 2.38. The Balaban J connectivity index is 2.72. The smallest absolute Gasteiger partial charge is 0.135 e. The molecule has 17 heavy (non-hydrogen) atoms. The quantitative estimate of drug-likeness (QED) is 0.860. The van der Waals surface area contributed by atoms with Gasteiger partial charge >= 0.3 is 0 Å². The third-order valence-electron chi connectivity index (χ3n) is 2.66. The summed E-state index contributed by atoms with van der Waals surface area (Å²) < 4.78 is 32.9. The lowest BCUT2D eigenvalue weighted by Crippen LogP contribution is -2.32. The van der Waals surface area contributed by atoms with Crippen LogP contribution in [0, 0.1) is 6.92 Å². The van der Waals surface area contributed by atoms with Crippen LogP contribution in [0.15, 0.2) is 64.4 Å². The largest absolute Gasteiger partial charge is 0.301 e. The van der Waals surface area contributed by atoms with E-state index < -0.39 is 9.63 Å². The Morgan fingerprint density at radius 2 is 1.41 bits per heavy atom. The second-order valence-corrected chi connectivity index (χ2v) is 6.58. The van der Waals surface area contributed by atoms with Crippen LogP contribution >= 0.6 is 0 Å². The summed E-state index contributed by atoms with van der Waals surface area (Å²) in [6.07, 6.45) is 0. The van der Waals surface area contributed by atoms with Crippen molar-refractivity contribution in [3.63, 3.8) is 0 Å². The van der Waals surface area contributed by atoms with Crippen molar-refractivity contribution in [2.45, 2.75) is 16.7 Å². The molecule has 0 aliphatic heterocycles. The monoisotopic (exact) mass is 250 g/mol. The van der Waals surface area contributed by atoms with Crippen LogP contribution < -0.4 is 0 Å².